The second-order valence-corrected chi connectivity index (χ2v) is 8.93. The Bertz CT molecular complexity index is 1220. The predicted octanol–water partition coefficient (Wildman–Crippen LogP) is 5.96. The van der Waals surface area contributed by atoms with E-state index in [2.05, 4.69) is 61.3 Å². The van der Waals surface area contributed by atoms with Gasteiger partial charge in [-0.25, -0.2) is 0 Å². The number of amides is 1. The highest BCUT2D eigenvalue weighted by Crippen LogP contribution is 2.35. The number of carboxylic acid groups (broad SMARTS) is 1. The molecule has 0 spiro atoms. The molecule has 1 unspecified atom stereocenters. The van der Waals surface area contributed by atoms with Crippen molar-refractivity contribution >= 4 is 23.3 Å². The third-order valence-corrected chi connectivity index (χ3v) is 6.25. The van der Waals surface area contributed by atoms with Gasteiger partial charge < -0.3 is 20.1 Å². The smallest absolute Gasteiger partial charge is 0.325 e. The van der Waals surface area contributed by atoms with Crippen LogP contribution in [0.2, 0.25) is 0 Å². The quantitative estimate of drug-likeness (QED) is 0.421. The van der Waals surface area contributed by atoms with Gasteiger partial charge in [0.2, 0.25) is 0 Å². The van der Waals surface area contributed by atoms with Crippen LogP contribution >= 0.6 is 0 Å². The summed E-state index contributed by atoms with van der Waals surface area (Å²) < 4.78 is 5.53. The Hall–Kier alpha value is -3.80. The van der Waals surface area contributed by atoms with Gasteiger partial charge in [0.25, 0.3) is 5.91 Å². The summed E-state index contributed by atoms with van der Waals surface area (Å²) in [6.45, 7) is 12.2. The molecule has 6 heteroatoms. The van der Waals surface area contributed by atoms with E-state index in [4.69, 9.17) is 9.84 Å². The van der Waals surface area contributed by atoms with Crippen LogP contribution in [0, 0.1) is 27.7 Å². The maximum absolute atomic E-state index is 12.7. The van der Waals surface area contributed by atoms with Crippen LogP contribution in [0.25, 0.3) is 11.1 Å². The number of aliphatic carboxylic acids is 1. The molecule has 0 aliphatic rings. The summed E-state index contributed by atoms with van der Waals surface area (Å²) in [5.74, 6) is -0.534. The number of methoxy groups -OCH3 is 1. The zero-order chi connectivity index (χ0) is 25.9. The van der Waals surface area contributed by atoms with Gasteiger partial charge in [-0.15, -0.1) is 0 Å². The Morgan fingerprint density at radius 1 is 0.914 bits per heavy atom. The molecule has 1 atom stereocenters. The number of carbonyl (C=O) groups excluding carboxylic acids is 1. The van der Waals surface area contributed by atoms with Crippen molar-refractivity contribution in [1.82, 2.24) is 5.32 Å². The Morgan fingerprint density at radius 3 is 2.03 bits per heavy atom. The summed E-state index contributed by atoms with van der Waals surface area (Å²) in [6.07, 6.45) is 0. The van der Waals surface area contributed by atoms with Gasteiger partial charge in [-0.2, -0.15) is 0 Å². The minimum atomic E-state index is -1.06. The lowest BCUT2D eigenvalue weighted by Crippen LogP contribution is -2.38. The maximum Gasteiger partial charge on any atom is 0.325 e. The first-order chi connectivity index (χ1) is 16.6. The average molecular weight is 475 g/mol. The van der Waals surface area contributed by atoms with Crippen LogP contribution in [0.4, 0.5) is 11.4 Å². The van der Waals surface area contributed by atoms with Gasteiger partial charge in [0, 0.05) is 23.5 Å². The van der Waals surface area contributed by atoms with Crippen LogP contribution in [-0.4, -0.2) is 36.7 Å². The lowest BCUT2D eigenvalue weighted by Gasteiger charge is -2.26. The number of benzene rings is 3. The van der Waals surface area contributed by atoms with Crippen molar-refractivity contribution in [2.24, 2.45) is 0 Å². The fourth-order valence-electron chi connectivity index (χ4n) is 4.59. The van der Waals surface area contributed by atoms with Crippen molar-refractivity contribution in [3.8, 4) is 16.9 Å². The number of aryl methyl sites for hydroxylation is 4. The molecule has 2 N–H and O–H groups in total. The van der Waals surface area contributed by atoms with E-state index in [9.17, 15) is 9.59 Å². The molecule has 0 aromatic heterocycles. The van der Waals surface area contributed by atoms with Gasteiger partial charge in [-0.3, -0.25) is 9.59 Å². The molecule has 0 radical (unpaired) electrons. The predicted molar refractivity (Wildman–Crippen MR) is 141 cm³/mol. The summed E-state index contributed by atoms with van der Waals surface area (Å²) in [5.41, 5.74) is 8.52. The molecular weight excluding hydrogens is 440 g/mol. The van der Waals surface area contributed by atoms with E-state index in [1.807, 2.05) is 32.0 Å². The molecule has 6 nitrogen and oxygen atoms in total. The second kappa shape index (κ2) is 10.6. The number of anilines is 2. The molecule has 0 fully saturated rings. The number of nitrogens with zero attached hydrogens (tertiary/aromatic N) is 1. The normalized spacial score (nSPS) is 11.6. The Labute approximate surface area is 207 Å². The molecular formula is C29H34N2O4. The maximum atomic E-state index is 12.7. The molecule has 1 amide bonds. The van der Waals surface area contributed by atoms with Crippen molar-refractivity contribution in [2.45, 2.75) is 47.6 Å². The van der Waals surface area contributed by atoms with E-state index in [-0.39, 0.29) is 5.91 Å². The Morgan fingerprint density at radius 2 is 1.51 bits per heavy atom. The minimum Gasteiger partial charge on any atom is -0.496 e. The highest BCUT2D eigenvalue weighted by Gasteiger charge is 2.19. The summed E-state index contributed by atoms with van der Waals surface area (Å²) in [7, 11) is 1.70. The number of hydrogen-bond donors (Lipinski definition) is 2. The molecule has 0 saturated heterocycles. The average Bonchev–Trinajstić information content (AvgIpc) is 2.79. The number of nitrogens with one attached hydrogen (secondary N) is 1. The molecule has 3 aromatic carbocycles. The molecule has 0 aliphatic heterocycles. The molecule has 35 heavy (non-hydrogen) atoms. The van der Waals surface area contributed by atoms with Crippen molar-refractivity contribution in [3.05, 3.63) is 76.3 Å². The monoisotopic (exact) mass is 474 g/mol. The fraction of sp³-hybridized carbons (Fsp3) is 0.310. The van der Waals surface area contributed by atoms with Crippen molar-refractivity contribution < 1.29 is 19.4 Å². The lowest BCUT2D eigenvalue weighted by molar-refractivity contribution is -0.138. The topological polar surface area (TPSA) is 78.9 Å². The van der Waals surface area contributed by atoms with E-state index < -0.39 is 12.0 Å². The molecule has 0 saturated carbocycles. The Kier molecular flexibility index (Phi) is 7.85. The first kappa shape index (κ1) is 25.8. The summed E-state index contributed by atoms with van der Waals surface area (Å²) in [4.78, 5) is 26.1. The molecule has 184 valence electrons. The second-order valence-electron chi connectivity index (χ2n) is 8.93. The van der Waals surface area contributed by atoms with Gasteiger partial charge in [0.05, 0.1) is 7.11 Å². The summed E-state index contributed by atoms with van der Waals surface area (Å²) in [6, 6.07) is 15.6. The van der Waals surface area contributed by atoms with Gasteiger partial charge >= 0.3 is 5.97 Å². The highest BCUT2D eigenvalue weighted by atomic mass is 16.5. The fourth-order valence-corrected chi connectivity index (χ4v) is 4.59. The Balaban J connectivity index is 1.98. The van der Waals surface area contributed by atoms with E-state index in [0.717, 1.165) is 57.0 Å². The number of hydrogen-bond acceptors (Lipinski definition) is 4. The zero-order valence-electron chi connectivity index (χ0n) is 21.5. The third-order valence-electron chi connectivity index (χ3n) is 6.25. The minimum absolute atomic E-state index is 0.377. The summed E-state index contributed by atoms with van der Waals surface area (Å²) >= 11 is 0. The lowest BCUT2D eigenvalue weighted by atomic mass is 9.94. The molecule has 3 rings (SSSR count). The first-order valence-electron chi connectivity index (χ1n) is 11.8. The standard InChI is InChI=1S/C29H34N2O4/c1-8-31(25-14-19(4)27(35-7)20(5)15-25)24-11-9-10-22(16-24)23-12-17(2)26(18(3)13-23)28(32)30-21(6)29(33)34/h9-16,21H,8H2,1-7H3,(H,30,32)(H,33,34). The van der Waals surface area contributed by atoms with E-state index in [1.165, 1.54) is 6.92 Å². The van der Waals surface area contributed by atoms with E-state index in [1.54, 1.807) is 7.11 Å². The van der Waals surface area contributed by atoms with Crippen LogP contribution in [0.1, 0.15) is 46.5 Å². The van der Waals surface area contributed by atoms with Crippen LogP contribution in [0.15, 0.2) is 48.5 Å². The van der Waals surface area contributed by atoms with Crippen LogP contribution in [0.3, 0.4) is 0 Å². The summed E-state index contributed by atoms with van der Waals surface area (Å²) in [5, 5.41) is 11.7. The van der Waals surface area contributed by atoms with Crippen molar-refractivity contribution in [1.29, 1.82) is 0 Å². The molecule has 0 heterocycles. The zero-order valence-corrected chi connectivity index (χ0v) is 21.5. The van der Waals surface area contributed by atoms with Gasteiger partial charge in [-0.05, 0) is 99.2 Å². The first-order valence-corrected chi connectivity index (χ1v) is 11.8. The van der Waals surface area contributed by atoms with E-state index >= 15 is 0 Å². The number of carboxylic acids is 1. The molecule has 3 aromatic rings. The van der Waals surface area contributed by atoms with Gasteiger partial charge in [0.15, 0.2) is 0 Å². The number of rotatable bonds is 8. The van der Waals surface area contributed by atoms with Crippen LogP contribution < -0.4 is 15.0 Å². The van der Waals surface area contributed by atoms with E-state index in [0.29, 0.717) is 5.56 Å². The van der Waals surface area contributed by atoms with Crippen molar-refractivity contribution in [3.63, 3.8) is 0 Å². The van der Waals surface area contributed by atoms with Crippen LogP contribution in [-0.2, 0) is 4.79 Å². The largest absolute Gasteiger partial charge is 0.496 e. The third kappa shape index (κ3) is 5.48. The van der Waals surface area contributed by atoms with Crippen molar-refractivity contribution in [2.75, 3.05) is 18.6 Å². The molecule has 0 aliphatic carbocycles. The SMILES string of the molecule is CCN(c1cccc(-c2cc(C)c(C(=O)NC(C)C(=O)O)c(C)c2)c1)c1cc(C)c(OC)c(C)c1. The molecule has 0 bridgehead atoms. The highest BCUT2D eigenvalue weighted by molar-refractivity contribution is 5.99. The number of carbonyl (C=O) groups is 2. The number of ether oxygens (including phenoxy) is 1. The van der Waals surface area contributed by atoms with Gasteiger partial charge in [0.1, 0.15) is 11.8 Å². The van der Waals surface area contributed by atoms with Gasteiger partial charge in [-0.1, -0.05) is 24.3 Å². The van der Waals surface area contributed by atoms with Crippen LogP contribution in [0.5, 0.6) is 5.75 Å².